The van der Waals surface area contributed by atoms with E-state index in [0.717, 1.165) is 40.2 Å². The van der Waals surface area contributed by atoms with Crippen molar-refractivity contribution in [2.45, 2.75) is 52.7 Å². The molecule has 0 spiro atoms. The molecule has 3 aromatic rings. The summed E-state index contributed by atoms with van der Waals surface area (Å²) in [6.45, 7) is 9.17. The van der Waals surface area contributed by atoms with E-state index in [0.29, 0.717) is 12.5 Å². The van der Waals surface area contributed by atoms with Gasteiger partial charge in [0.05, 0.1) is 17.6 Å². The van der Waals surface area contributed by atoms with Crippen molar-refractivity contribution in [2.24, 2.45) is 0 Å². The second-order valence-corrected chi connectivity index (χ2v) is 7.17. The fourth-order valence-electron chi connectivity index (χ4n) is 3.32. The third kappa shape index (κ3) is 4.07. The molecule has 0 bridgehead atoms. The van der Waals surface area contributed by atoms with Crippen LogP contribution >= 0.6 is 0 Å². The Kier molecular flexibility index (Phi) is 5.62. The third-order valence-electron chi connectivity index (χ3n) is 4.77. The molecule has 4 nitrogen and oxygen atoms in total. The van der Waals surface area contributed by atoms with Crippen molar-refractivity contribution in [2.75, 3.05) is 6.61 Å². The summed E-state index contributed by atoms with van der Waals surface area (Å²) in [5.74, 6) is 2.17. The lowest BCUT2D eigenvalue weighted by atomic mass is 10.1. The topological polar surface area (TPSA) is 47.3 Å². The van der Waals surface area contributed by atoms with Gasteiger partial charge < -0.3 is 14.4 Å². The summed E-state index contributed by atoms with van der Waals surface area (Å²) < 4.78 is 7.97. The molecule has 0 aliphatic heterocycles. The molecule has 0 aliphatic carbocycles. The minimum absolute atomic E-state index is 0.259. The predicted octanol–water partition coefficient (Wildman–Crippen LogP) is 4.61. The van der Waals surface area contributed by atoms with Crippen LogP contribution in [0.4, 0.5) is 0 Å². The van der Waals surface area contributed by atoms with E-state index in [4.69, 9.17) is 9.72 Å². The van der Waals surface area contributed by atoms with Crippen molar-refractivity contribution in [1.82, 2.24) is 9.55 Å². The Morgan fingerprint density at radius 1 is 1.12 bits per heavy atom. The van der Waals surface area contributed by atoms with Crippen LogP contribution < -0.4 is 4.74 Å². The second-order valence-electron chi connectivity index (χ2n) is 7.17. The van der Waals surface area contributed by atoms with Gasteiger partial charge in [-0.05, 0) is 55.7 Å². The summed E-state index contributed by atoms with van der Waals surface area (Å²) in [5, 5.41) is 10.6. The number of aliphatic hydroxyl groups is 1. The van der Waals surface area contributed by atoms with Crippen LogP contribution in [0.15, 0.2) is 42.5 Å². The Morgan fingerprint density at radius 3 is 2.50 bits per heavy atom. The largest absolute Gasteiger partial charge is 0.491 e. The number of hydrogen-bond acceptors (Lipinski definition) is 3. The van der Waals surface area contributed by atoms with Crippen molar-refractivity contribution in [3.63, 3.8) is 0 Å². The Morgan fingerprint density at radius 2 is 1.81 bits per heavy atom. The molecule has 138 valence electrons. The Labute approximate surface area is 155 Å². The number of ether oxygens (including phenoxy) is 1. The number of aryl methyl sites for hydroxylation is 2. The number of benzene rings is 2. The Balaban J connectivity index is 1.77. The molecule has 0 aliphatic rings. The smallest absolute Gasteiger partial charge is 0.119 e. The molecule has 3 rings (SSSR count). The fourth-order valence-corrected chi connectivity index (χ4v) is 3.32. The summed E-state index contributed by atoms with van der Waals surface area (Å²) in [7, 11) is 0. The van der Waals surface area contributed by atoms with Gasteiger partial charge in [0.2, 0.25) is 0 Å². The number of aromatic nitrogens is 2. The van der Waals surface area contributed by atoms with Crippen molar-refractivity contribution in [1.29, 1.82) is 0 Å². The molecule has 1 heterocycles. The van der Waals surface area contributed by atoms with Crippen molar-refractivity contribution < 1.29 is 9.84 Å². The van der Waals surface area contributed by atoms with E-state index in [2.05, 4.69) is 30.5 Å². The Bertz CT molecular complexity index is 865. The highest BCUT2D eigenvalue weighted by molar-refractivity contribution is 5.76. The molecule has 0 radical (unpaired) electrons. The number of imidazole rings is 1. The first kappa shape index (κ1) is 18.5. The average Bonchev–Trinajstić information content (AvgIpc) is 2.97. The number of nitrogens with zero attached hydrogens (tertiary/aromatic N) is 2. The maximum atomic E-state index is 10.6. The molecule has 0 saturated heterocycles. The van der Waals surface area contributed by atoms with Crippen LogP contribution in [0.5, 0.6) is 5.75 Å². The second kappa shape index (κ2) is 7.92. The minimum atomic E-state index is -0.601. The molecule has 26 heavy (non-hydrogen) atoms. The molecule has 1 aromatic heterocycles. The predicted molar refractivity (Wildman–Crippen MR) is 106 cm³/mol. The first-order valence-corrected chi connectivity index (χ1v) is 9.32. The van der Waals surface area contributed by atoms with Gasteiger partial charge in [0.1, 0.15) is 24.3 Å². The van der Waals surface area contributed by atoms with Crippen LogP contribution in [0.1, 0.15) is 43.1 Å². The lowest BCUT2D eigenvalue weighted by Gasteiger charge is -2.18. The number of fused-ring (bicyclic) bond motifs is 1. The summed E-state index contributed by atoms with van der Waals surface area (Å²) in [4.78, 5) is 4.79. The molecule has 0 saturated carbocycles. The maximum absolute atomic E-state index is 10.6. The van der Waals surface area contributed by atoms with Crippen molar-refractivity contribution in [3.05, 3.63) is 59.4 Å². The van der Waals surface area contributed by atoms with E-state index in [-0.39, 0.29) is 6.61 Å². The molecule has 0 fully saturated rings. The normalized spacial score (nSPS) is 13.7. The third-order valence-corrected chi connectivity index (χ3v) is 4.77. The fraction of sp³-hybridized carbons (Fsp3) is 0.409. The zero-order chi connectivity index (χ0) is 18.7. The number of para-hydroxylation sites is 2. The van der Waals surface area contributed by atoms with Gasteiger partial charge in [0, 0.05) is 5.92 Å². The summed E-state index contributed by atoms with van der Waals surface area (Å²) in [5.41, 5.74) is 4.36. The quantitative estimate of drug-likeness (QED) is 0.676. The molecule has 2 aromatic carbocycles. The molecular formula is C22H28N2O2. The van der Waals surface area contributed by atoms with Gasteiger partial charge in [-0.2, -0.15) is 0 Å². The monoisotopic (exact) mass is 352 g/mol. The van der Waals surface area contributed by atoms with Gasteiger partial charge in [0.15, 0.2) is 0 Å². The highest BCUT2D eigenvalue weighted by Crippen LogP contribution is 2.24. The summed E-state index contributed by atoms with van der Waals surface area (Å²) in [6.07, 6.45) is 0.412. The number of aliphatic hydroxyl groups excluding tert-OH is 1. The van der Waals surface area contributed by atoms with E-state index < -0.39 is 6.10 Å². The first-order chi connectivity index (χ1) is 12.5. The van der Waals surface area contributed by atoms with E-state index in [9.17, 15) is 5.11 Å². The highest BCUT2D eigenvalue weighted by atomic mass is 16.5. The molecule has 4 heteroatoms. The number of hydrogen-bond donors (Lipinski definition) is 1. The van der Waals surface area contributed by atoms with Gasteiger partial charge >= 0.3 is 0 Å². The highest BCUT2D eigenvalue weighted by Gasteiger charge is 2.18. The number of rotatable bonds is 7. The SMILES string of the molecule is CCC(C)c1nc2ccccc2n1CC(O)COc1cc(C)cc(C)c1. The minimum Gasteiger partial charge on any atom is -0.491 e. The molecular weight excluding hydrogens is 324 g/mol. The summed E-state index contributed by atoms with van der Waals surface area (Å²) in [6, 6.07) is 14.2. The van der Waals surface area contributed by atoms with Crippen molar-refractivity contribution >= 4 is 11.0 Å². The van der Waals surface area contributed by atoms with Crippen LogP contribution in [-0.4, -0.2) is 27.4 Å². The zero-order valence-electron chi connectivity index (χ0n) is 16.1. The van der Waals surface area contributed by atoms with Gasteiger partial charge in [-0.15, -0.1) is 0 Å². The van der Waals surface area contributed by atoms with E-state index in [1.807, 2.05) is 44.2 Å². The van der Waals surface area contributed by atoms with Gasteiger partial charge in [-0.1, -0.05) is 32.0 Å². The van der Waals surface area contributed by atoms with Crippen LogP contribution in [0.25, 0.3) is 11.0 Å². The van der Waals surface area contributed by atoms with Crippen LogP contribution in [0.2, 0.25) is 0 Å². The molecule has 2 unspecified atom stereocenters. The summed E-state index contributed by atoms with van der Waals surface area (Å²) >= 11 is 0. The molecule has 1 N–H and O–H groups in total. The van der Waals surface area contributed by atoms with E-state index in [1.54, 1.807) is 0 Å². The zero-order valence-corrected chi connectivity index (χ0v) is 16.1. The lowest BCUT2D eigenvalue weighted by Crippen LogP contribution is -2.25. The van der Waals surface area contributed by atoms with Gasteiger partial charge in [0.25, 0.3) is 0 Å². The van der Waals surface area contributed by atoms with Crippen molar-refractivity contribution in [3.8, 4) is 5.75 Å². The van der Waals surface area contributed by atoms with Crippen LogP contribution in [0, 0.1) is 13.8 Å². The van der Waals surface area contributed by atoms with Crippen LogP contribution in [0.3, 0.4) is 0 Å². The van der Waals surface area contributed by atoms with Gasteiger partial charge in [-0.3, -0.25) is 0 Å². The molecule has 0 amide bonds. The Hall–Kier alpha value is -2.33. The van der Waals surface area contributed by atoms with E-state index in [1.165, 1.54) is 0 Å². The maximum Gasteiger partial charge on any atom is 0.119 e. The van der Waals surface area contributed by atoms with Gasteiger partial charge in [-0.25, -0.2) is 4.98 Å². The average molecular weight is 352 g/mol. The molecule has 2 atom stereocenters. The van der Waals surface area contributed by atoms with E-state index >= 15 is 0 Å². The van der Waals surface area contributed by atoms with Crippen LogP contribution in [-0.2, 0) is 6.54 Å². The first-order valence-electron chi connectivity index (χ1n) is 9.32. The lowest BCUT2D eigenvalue weighted by molar-refractivity contribution is 0.0924. The standard InChI is InChI=1S/C22H28N2O2/c1-5-17(4)22-23-20-8-6-7-9-21(20)24(22)13-18(25)14-26-19-11-15(2)10-16(3)12-19/h6-12,17-18,25H,5,13-14H2,1-4H3.